The maximum atomic E-state index is 14.2. The maximum absolute atomic E-state index is 14.2. The summed E-state index contributed by atoms with van der Waals surface area (Å²) < 4.78 is 67.4. The molecular weight excluding hydrogens is 615 g/mol. The fraction of sp³-hybridized carbons (Fsp3) is 0.375. The van der Waals surface area contributed by atoms with Crippen LogP contribution in [-0.4, -0.2) is 50.0 Å². The number of hydrogen-bond acceptors (Lipinski definition) is 4. The van der Waals surface area contributed by atoms with Crippen LogP contribution in [0.2, 0.25) is 5.02 Å². The van der Waals surface area contributed by atoms with Crippen LogP contribution in [0.3, 0.4) is 0 Å². The third-order valence-electron chi connectivity index (χ3n) is 7.63. The zero-order valence-electron chi connectivity index (χ0n) is 24.5. The maximum Gasteiger partial charge on any atom is 0.417 e. The van der Waals surface area contributed by atoms with Crippen LogP contribution >= 0.6 is 11.6 Å². The van der Waals surface area contributed by atoms with Crippen molar-refractivity contribution in [3.8, 4) is 0 Å². The van der Waals surface area contributed by atoms with Crippen LogP contribution < -0.4 is 9.62 Å². The van der Waals surface area contributed by atoms with Gasteiger partial charge in [-0.15, -0.1) is 0 Å². The van der Waals surface area contributed by atoms with Gasteiger partial charge in [0.05, 0.1) is 22.5 Å². The second-order valence-corrected chi connectivity index (χ2v) is 13.5. The summed E-state index contributed by atoms with van der Waals surface area (Å²) in [5.41, 5.74) is 0.814. The lowest BCUT2D eigenvalue weighted by atomic mass is 10.0. The average Bonchev–Trinajstić information content (AvgIpc) is 3.46. The summed E-state index contributed by atoms with van der Waals surface area (Å²) in [6, 6.07) is 18.1. The van der Waals surface area contributed by atoms with Crippen LogP contribution in [0.4, 0.5) is 18.9 Å². The van der Waals surface area contributed by atoms with E-state index in [1.807, 2.05) is 55.5 Å². The molecule has 0 radical (unpaired) electrons. The van der Waals surface area contributed by atoms with Crippen molar-refractivity contribution in [2.75, 3.05) is 17.1 Å². The van der Waals surface area contributed by atoms with Crippen molar-refractivity contribution >= 4 is 39.1 Å². The van der Waals surface area contributed by atoms with Crippen molar-refractivity contribution in [2.24, 2.45) is 0 Å². The van der Waals surface area contributed by atoms with Crippen molar-refractivity contribution in [1.82, 2.24) is 10.2 Å². The molecule has 1 fully saturated rings. The minimum absolute atomic E-state index is 0.0257. The predicted molar refractivity (Wildman–Crippen MR) is 165 cm³/mol. The van der Waals surface area contributed by atoms with Crippen LogP contribution in [-0.2, 0) is 38.8 Å². The number of rotatable bonds is 11. The van der Waals surface area contributed by atoms with Crippen molar-refractivity contribution in [1.29, 1.82) is 0 Å². The third-order valence-corrected chi connectivity index (χ3v) is 9.10. The van der Waals surface area contributed by atoms with E-state index in [0.717, 1.165) is 55.2 Å². The van der Waals surface area contributed by atoms with E-state index in [9.17, 15) is 31.2 Å². The highest BCUT2D eigenvalue weighted by Gasteiger charge is 2.37. The molecule has 1 saturated carbocycles. The number of alkyl halides is 3. The first-order valence-corrected chi connectivity index (χ1v) is 16.5. The van der Waals surface area contributed by atoms with Crippen molar-refractivity contribution in [3.63, 3.8) is 0 Å². The average molecular weight is 650 g/mol. The van der Waals surface area contributed by atoms with Crippen LogP contribution in [0.1, 0.15) is 47.9 Å². The largest absolute Gasteiger partial charge is 0.417 e. The number of carbonyl (C=O) groups excluding carboxylic acids is 2. The van der Waals surface area contributed by atoms with Crippen LogP contribution in [0.5, 0.6) is 0 Å². The molecule has 1 unspecified atom stereocenters. The Labute approximate surface area is 261 Å². The summed E-state index contributed by atoms with van der Waals surface area (Å²) in [6.45, 7) is 1.03. The molecule has 7 nitrogen and oxygen atoms in total. The van der Waals surface area contributed by atoms with Crippen LogP contribution in [0.25, 0.3) is 0 Å². The molecule has 0 saturated heterocycles. The van der Waals surface area contributed by atoms with Crippen molar-refractivity contribution in [3.05, 3.63) is 100 Å². The van der Waals surface area contributed by atoms with Gasteiger partial charge < -0.3 is 10.2 Å². The van der Waals surface area contributed by atoms with E-state index in [2.05, 4.69) is 5.32 Å². The van der Waals surface area contributed by atoms with E-state index < -0.39 is 45.3 Å². The second-order valence-electron chi connectivity index (χ2n) is 11.1. The lowest BCUT2D eigenvalue weighted by Gasteiger charge is -2.34. The topological polar surface area (TPSA) is 86.8 Å². The number of benzene rings is 3. The Bertz CT molecular complexity index is 1580. The molecule has 236 valence electrons. The Kier molecular flexibility index (Phi) is 10.6. The quantitative estimate of drug-likeness (QED) is 0.271. The fourth-order valence-corrected chi connectivity index (χ4v) is 6.49. The van der Waals surface area contributed by atoms with Gasteiger partial charge in [-0.3, -0.25) is 13.9 Å². The molecule has 1 atom stereocenters. The zero-order chi connectivity index (χ0) is 32.1. The molecule has 0 aliphatic heterocycles. The zero-order valence-corrected chi connectivity index (χ0v) is 26.1. The number of anilines is 1. The molecule has 0 heterocycles. The molecular formula is C32H35ClF3N3O4S. The normalized spacial score (nSPS) is 14.7. The summed E-state index contributed by atoms with van der Waals surface area (Å²) in [4.78, 5) is 29.4. The minimum Gasteiger partial charge on any atom is -0.352 e. The molecule has 3 aromatic rings. The highest BCUT2D eigenvalue weighted by Crippen LogP contribution is 2.37. The van der Waals surface area contributed by atoms with Gasteiger partial charge in [-0.05, 0) is 49.1 Å². The highest BCUT2D eigenvalue weighted by molar-refractivity contribution is 7.92. The fourth-order valence-electron chi connectivity index (χ4n) is 5.43. The first-order chi connectivity index (χ1) is 20.7. The number of sulfonamides is 1. The van der Waals surface area contributed by atoms with Crippen molar-refractivity contribution in [2.45, 2.75) is 63.8 Å². The number of hydrogen-bond donors (Lipinski definition) is 1. The predicted octanol–water partition coefficient (Wildman–Crippen LogP) is 6.13. The molecule has 2 amide bonds. The molecule has 0 bridgehead atoms. The summed E-state index contributed by atoms with van der Waals surface area (Å²) in [7, 11) is -4.25. The monoisotopic (exact) mass is 649 g/mol. The molecule has 44 heavy (non-hydrogen) atoms. The first-order valence-electron chi connectivity index (χ1n) is 14.3. The van der Waals surface area contributed by atoms with Crippen LogP contribution in [0.15, 0.2) is 72.8 Å². The highest BCUT2D eigenvalue weighted by atomic mass is 35.5. The SMILES string of the molecule is Cc1cccc(CN(C(=O)CN(c2ccc(Cl)c(C(F)(F)F)c2)S(C)(=O)=O)C(Cc2ccccc2)C(=O)NC2CCCC2)c1. The number of carbonyl (C=O) groups is 2. The Morgan fingerprint density at radius 1 is 0.977 bits per heavy atom. The Morgan fingerprint density at radius 2 is 1.64 bits per heavy atom. The minimum atomic E-state index is -4.85. The van der Waals surface area contributed by atoms with E-state index in [-0.39, 0.29) is 30.6 Å². The number of nitrogens with one attached hydrogen (secondary N) is 1. The van der Waals surface area contributed by atoms with E-state index in [1.54, 1.807) is 6.07 Å². The van der Waals surface area contributed by atoms with Gasteiger partial charge in [-0.2, -0.15) is 13.2 Å². The number of nitrogens with zero attached hydrogens (tertiary/aromatic N) is 2. The van der Waals surface area contributed by atoms with E-state index in [4.69, 9.17) is 11.6 Å². The molecule has 12 heteroatoms. The molecule has 1 N–H and O–H groups in total. The summed E-state index contributed by atoms with van der Waals surface area (Å²) >= 11 is 5.77. The molecule has 1 aliphatic rings. The van der Waals surface area contributed by atoms with Gasteiger partial charge in [-0.1, -0.05) is 84.6 Å². The van der Waals surface area contributed by atoms with Crippen LogP contribution in [0, 0.1) is 6.92 Å². The Morgan fingerprint density at radius 3 is 2.25 bits per heavy atom. The number of aryl methyl sites for hydroxylation is 1. The van der Waals surface area contributed by atoms with Gasteiger partial charge in [0, 0.05) is 19.0 Å². The van der Waals surface area contributed by atoms with Gasteiger partial charge in [-0.25, -0.2) is 8.42 Å². The third kappa shape index (κ3) is 8.75. The molecule has 0 aromatic heterocycles. The van der Waals surface area contributed by atoms with E-state index in [1.165, 1.54) is 4.90 Å². The van der Waals surface area contributed by atoms with E-state index in [0.29, 0.717) is 15.9 Å². The Balaban J connectivity index is 1.76. The molecule has 4 rings (SSSR count). The number of halogens is 4. The summed E-state index contributed by atoms with van der Waals surface area (Å²) in [5, 5.41) is 2.47. The van der Waals surface area contributed by atoms with Gasteiger partial charge >= 0.3 is 6.18 Å². The lowest BCUT2D eigenvalue weighted by molar-refractivity contribution is -0.140. The number of amides is 2. The second kappa shape index (κ2) is 14.0. The lowest BCUT2D eigenvalue weighted by Crippen LogP contribution is -2.54. The Hall–Kier alpha value is -3.57. The molecule has 3 aromatic carbocycles. The van der Waals surface area contributed by atoms with Gasteiger partial charge in [0.25, 0.3) is 0 Å². The summed E-state index contributed by atoms with van der Waals surface area (Å²) in [6.07, 6.45) is -0.312. The van der Waals surface area contributed by atoms with Gasteiger partial charge in [0.15, 0.2) is 0 Å². The van der Waals surface area contributed by atoms with Gasteiger partial charge in [0.2, 0.25) is 21.8 Å². The summed E-state index contributed by atoms with van der Waals surface area (Å²) in [5.74, 6) is -1.12. The first kappa shape index (κ1) is 33.3. The van der Waals surface area contributed by atoms with Crippen molar-refractivity contribution < 1.29 is 31.2 Å². The standard InChI is InChI=1S/C32H35ClF3N3O4S/c1-22-9-8-12-24(17-22)20-38(29(18-23-10-4-3-5-11-23)31(41)37-25-13-6-7-14-25)30(40)21-39(44(2,42)43)26-15-16-28(33)27(19-26)32(34,35)36/h3-5,8-12,15-17,19,25,29H,6-7,13-14,18,20-21H2,1-2H3,(H,37,41). The molecule has 0 spiro atoms. The van der Waals surface area contributed by atoms with E-state index >= 15 is 0 Å². The van der Waals surface area contributed by atoms with Gasteiger partial charge in [0.1, 0.15) is 12.6 Å². The smallest absolute Gasteiger partial charge is 0.352 e. The molecule has 1 aliphatic carbocycles.